The minimum atomic E-state index is -4.38. The normalized spacial score (nSPS) is 12.0. The molecule has 0 fully saturated rings. The van der Waals surface area contributed by atoms with Crippen LogP contribution in [-0.4, -0.2) is 18.9 Å². The van der Waals surface area contributed by atoms with Crippen LogP contribution in [0, 0.1) is 0 Å². The second kappa shape index (κ2) is 5.47. The number of benzene rings is 1. The first-order valence-electron chi connectivity index (χ1n) is 7.55. The zero-order valence-electron chi connectivity index (χ0n) is 13.2. The van der Waals surface area contributed by atoms with Crippen molar-refractivity contribution in [3.05, 3.63) is 66.9 Å². The van der Waals surface area contributed by atoms with Crippen LogP contribution in [0.15, 0.2) is 61.3 Å². The number of hydrogen-bond acceptors (Lipinski definition) is 2. The highest BCUT2D eigenvalue weighted by Crippen LogP contribution is 2.30. The number of nitrogens with zero attached hydrogens (tertiary/aromatic N) is 4. The fourth-order valence-electron chi connectivity index (χ4n) is 2.77. The summed E-state index contributed by atoms with van der Waals surface area (Å²) in [6.07, 6.45) is 1.76. The fourth-order valence-corrected chi connectivity index (χ4v) is 2.77. The lowest BCUT2D eigenvalue weighted by Crippen LogP contribution is -2.05. The van der Waals surface area contributed by atoms with E-state index < -0.39 is 11.7 Å². The van der Waals surface area contributed by atoms with Crippen LogP contribution >= 0.6 is 0 Å². The van der Waals surface area contributed by atoms with Crippen LogP contribution in [0.1, 0.15) is 5.56 Å². The molecule has 0 N–H and O–H groups in total. The van der Waals surface area contributed by atoms with Gasteiger partial charge in [-0.05, 0) is 18.2 Å². The predicted molar refractivity (Wildman–Crippen MR) is 87.8 cm³/mol. The lowest BCUT2D eigenvalue weighted by molar-refractivity contribution is -0.137. The summed E-state index contributed by atoms with van der Waals surface area (Å²) in [4.78, 5) is 8.53. The van der Waals surface area contributed by atoms with Crippen LogP contribution < -0.4 is 0 Å². The van der Waals surface area contributed by atoms with Gasteiger partial charge in [-0.15, -0.1) is 0 Å². The Kier molecular flexibility index (Phi) is 3.38. The number of halogens is 3. The third-order valence-electron chi connectivity index (χ3n) is 4.05. The van der Waals surface area contributed by atoms with E-state index in [1.807, 2.05) is 35.9 Å². The molecular formula is C18H13F3N4. The summed E-state index contributed by atoms with van der Waals surface area (Å²) in [6.45, 7) is 0. The molecule has 1 aromatic carbocycles. The SMILES string of the molecule is Cn1cncc1-c1cccc(-c2cn3cc(C(F)(F)F)ccc3n2)c1. The van der Waals surface area contributed by atoms with E-state index in [1.54, 1.807) is 18.7 Å². The van der Waals surface area contributed by atoms with Crippen molar-refractivity contribution < 1.29 is 13.2 Å². The van der Waals surface area contributed by atoms with Gasteiger partial charge < -0.3 is 8.97 Å². The number of rotatable bonds is 2. The molecule has 0 aliphatic heterocycles. The van der Waals surface area contributed by atoms with E-state index in [9.17, 15) is 13.2 Å². The summed E-state index contributed by atoms with van der Waals surface area (Å²) in [5, 5.41) is 0. The van der Waals surface area contributed by atoms with E-state index in [2.05, 4.69) is 9.97 Å². The molecule has 0 aliphatic rings. The molecule has 126 valence electrons. The van der Waals surface area contributed by atoms with Gasteiger partial charge in [-0.2, -0.15) is 13.2 Å². The molecule has 0 aliphatic carbocycles. The van der Waals surface area contributed by atoms with Crippen molar-refractivity contribution in [1.29, 1.82) is 0 Å². The molecule has 0 spiro atoms. The molecule has 4 aromatic rings. The molecule has 25 heavy (non-hydrogen) atoms. The predicted octanol–water partition coefficient (Wildman–Crippen LogP) is 4.42. The molecule has 0 saturated carbocycles. The minimum Gasteiger partial charge on any atom is -0.334 e. The van der Waals surface area contributed by atoms with E-state index >= 15 is 0 Å². The Labute approximate surface area is 141 Å². The van der Waals surface area contributed by atoms with E-state index in [0.29, 0.717) is 11.3 Å². The van der Waals surface area contributed by atoms with Crippen molar-refractivity contribution in [2.24, 2.45) is 7.05 Å². The Morgan fingerprint density at radius 3 is 2.52 bits per heavy atom. The third-order valence-corrected chi connectivity index (χ3v) is 4.05. The van der Waals surface area contributed by atoms with Crippen LogP contribution in [-0.2, 0) is 13.2 Å². The first kappa shape index (κ1) is 15.4. The number of hydrogen-bond donors (Lipinski definition) is 0. The van der Waals surface area contributed by atoms with Crippen molar-refractivity contribution >= 4 is 5.65 Å². The number of pyridine rings is 1. The smallest absolute Gasteiger partial charge is 0.334 e. The maximum Gasteiger partial charge on any atom is 0.417 e. The van der Waals surface area contributed by atoms with E-state index in [-0.39, 0.29) is 0 Å². The minimum absolute atomic E-state index is 0.467. The number of fused-ring (bicyclic) bond motifs is 1. The number of aryl methyl sites for hydroxylation is 1. The first-order chi connectivity index (χ1) is 11.9. The van der Waals surface area contributed by atoms with Gasteiger partial charge in [-0.3, -0.25) is 0 Å². The Morgan fingerprint density at radius 2 is 1.80 bits per heavy atom. The standard InChI is InChI=1S/C18H13F3N4/c1-24-11-22-8-16(24)13-4-2-3-12(7-13)15-10-25-9-14(18(19,20)21)5-6-17(25)23-15/h2-11H,1H3. The molecule has 4 rings (SSSR count). The summed E-state index contributed by atoms with van der Waals surface area (Å²) < 4.78 is 41.9. The van der Waals surface area contributed by atoms with Gasteiger partial charge in [0.25, 0.3) is 0 Å². The van der Waals surface area contributed by atoms with Gasteiger partial charge in [0.1, 0.15) is 5.65 Å². The molecule has 0 atom stereocenters. The van der Waals surface area contributed by atoms with Gasteiger partial charge in [0.2, 0.25) is 0 Å². The van der Waals surface area contributed by atoms with Gasteiger partial charge >= 0.3 is 6.18 Å². The average Bonchev–Trinajstić information content (AvgIpc) is 3.19. The average molecular weight is 342 g/mol. The van der Waals surface area contributed by atoms with Crippen molar-refractivity contribution in [1.82, 2.24) is 18.9 Å². The van der Waals surface area contributed by atoms with Gasteiger partial charge in [0.05, 0.1) is 29.5 Å². The number of imidazole rings is 2. The molecule has 0 unspecified atom stereocenters. The molecule has 3 heterocycles. The highest BCUT2D eigenvalue weighted by atomic mass is 19.4. The summed E-state index contributed by atoms with van der Waals surface area (Å²) >= 11 is 0. The highest BCUT2D eigenvalue weighted by Gasteiger charge is 2.30. The van der Waals surface area contributed by atoms with E-state index in [1.165, 1.54) is 10.5 Å². The van der Waals surface area contributed by atoms with Crippen LogP contribution in [0.5, 0.6) is 0 Å². The topological polar surface area (TPSA) is 35.1 Å². The lowest BCUT2D eigenvalue weighted by Gasteiger charge is -2.05. The summed E-state index contributed by atoms with van der Waals surface area (Å²) in [5.41, 5.74) is 3.12. The third kappa shape index (κ3) is 2.77. The summed E-state index contributed by atoms with van der Waals surface area (Å²) in [7, 11) is 1.90. The van der Waals surface area contributed by atoms with Gasteiger partial charge in [-0.25, -0.2) is 9.97 Å². The molecule has 0 amide bonds. The molecule has 3 aromatic heterocycles. The van der Waals surface area contributed by atoms with Crippen LogP contribution in [0.2, 0.25) is 0 Å². The number of aromatic nitrogens is 4. The second-order valence-corrected chi connectivity index (χ2v) is 5.78. The molecular weight excluding hydrogens is 329 g/mol. The van der Waals surface area contributed by atoms with Gasteiger partial charge in [0, 0.05) is 30.6 Å². The maximum absolute atomic E-state index is 12.9. The summed E-state index contributed by atoms with van der Waals surface area (Å²) in [6, 6.07) is 10.1. The monoisotopic (exact) mass is 342 g/mol. The van der Waals surface area contributed by atoms with Crippen molar-refractivity contribution in [2.75, 3.05) is 0 Å². The molecule has 7 heteroatoms. The maximum atomic E-state index is 12.9. The molecule has 0 bridgehead atoms. The Hall–Kier alpha value is -3.09. The lowest BCUT2D eigenvalue weighted by atomic mass is 10.1. The summed E-state index contributed by atoms with van der Waals surface area (Å²) in [5.74, 6) is 0. The van der Waals surface area contributed by atoms with Gasteiger partial charge in [-0.1, -0.05) is 18.2 Å². The Balaban J connectivity index is 1.78. The van der Waals surface area contributed by atoms with Crippen LogP contribution in [0.25, 0.3) is 28.2 Å². The quantitative estimate of drug-likeness (QED) is 0.540. The fraction of sp³-hybridized carbons (Fsp3) is 0.111. The first-order valence-corrected chi connectivity index (χ1v) is 7.55. The molecule has 0 saturated heterocycles. The zero-order chi connectivity index (χ0) is 17.6. The number of alkyl halides is 3. The Bertz CT molecular complexity index is 1060. The van der Waals surface area contributed by atoms with Crippen molar-refractivity contribution in [3.63, 3.8) is 0 Å². The zero-order valence-corrected chi connectivity index (χ0v) is 13.2. The van der Waals surface area contributed by atoms with E-state index in [0.717, 1.165) is 29.1 Å². The van der Waals surface area contributed by atoms with Gasteiger partial charge in [0.15, 0.2) is 0 Å². The van der Waals surface area contributed by atoms with E-state index in [4.69, 9.17) is 0 Å². The second-order valence-electron chi connectivity index (χ2n) is 5.78. The molecule has 0 radical (unpaired) electrons. The van der Waals surface area contributed by atoms with Crippen LogP contribution in [0.4, 0.5) is 13.2 Å². The van der Waals surface area contributed by atoms with Crippen LogP contribution in [0.3, 0.4) is 0 Å². The highest BCUT2D eigenvalue weighted by molar-refractivity contribution is 5.70. The Morgan fingerprint density at radius 1 is 1.00 bits per heavy atom. The molecule has 4 nitrogen and oxygen atoms in total. The van der Waals surface area contributed by atoms with Crippen molar-refractivity contribution in [2.45, 2.75) is 6.18 Å². The van der Waals surface area contributed by atoms with Crippen molar-refractivity contribution in [3.8, 4) is 22.5 Å². The largest absolute Gasteiger partial charge is 0.417 e.